The van der Waals surface area contributed by atoms with Gasteiger partial charge in [-0.25, -0.2) is 4.79 Å². The molecule has 0 saturated heterocycles. The molecular formula is C20H26N2O3S. The van der Waals surface area contributed by atoms with Crippen LogP contribution < -0.4 is 10.6 Å². The van der Waals surface area contributed by atoms with Crippen molar-refractivity contribution in [1.82, 2.24) is 5.32 Å². The first-order valence-corrected chi connectivity index (χ1v) is 9.55. The molecule has 0 saturated carbocycles. The van der Waals surface area contributed by atoms with Crippen molar-refractivity contribution in [3.63, 3.8) is 0 Å². The molecule has 1 aromatic carbocycles. The average Bonchev–Trinajstić information content (AvgIpc) is 2.97. The third kappa shape index (κ3) is 7.27. The van der Waals surface area contributed by atoms with Crippen LogP contribution in [-0.2, 0) is 22.4 Å². The van der Waals surface area contributed by atoms with Crippen LogP contribution in [0.15, 0.2) is 41.1 Å². The van der Waals surface area contributed by atoms with Crippen LogP contribution in [0.5, 0.6) is 0 Å². The molecule has 1 heterocycles. The van der Waals surface area contributed by atoms with E-state index in [2.05, 4.69) is 22.1 Å². The Kier molecular flexibility index (Phi) is 6.80. The molecule has 0 radical (unpaired) electrons. The van der Waals surface area contributed by atoms with Gasteiger partial charge in [-0.1, -0.05) is 12.1 Å². The van der Waals surface area contributed by atoms with Gasteiger partial charge in [-0.15, -0.1) is 0 Å². The Morgan fingerprint density at radius 3 is 2.62 bits per heavy atom. The van der Waals surface area contributed by atoms with Gasteiger partial charge in [0.05, 0.1) is 6.42 Å². The molecule has 140 valence electrons. The second-order valence-electron chi connectivity index (χ2n) is 7.31. The van der Waals surface area contributed by atoms with E-state index < -0.39 is 11.7 Å². The summed E-state index contributed by atoms with van der Waals surface area (Å²) in [4.78, 5) is 24.1. The van der Waals surface area contributed by atoms with Crippen LogP contribution in [0.2, 0.25) is 0 Å². The molecule has 0 aliphatic heterocycles. The first kappa shape index (κ1) is 20.0. The van der Waals surface area contributed by atoms with Crippen LogP contribution >= 0.6 is 11.3 Å². The smallest absolute Gasteiger partial charge is 0.412 e. The zero-order chi connectivity index (χ0) is 19.2. The van der Waals surface area contributed by atoms with Crippen LogP contribution in [0.3, 0.4) is 0 Å². The summed E-state index contributed by atoms with van der Waals surface area (Å²) >= 11 is 1.66. The highest BCUT2D eigenvalue weighted by Crippen LogP contribution is 2.14. The number of hydrogen-bond donors (Lipinski definition) is 2. The van der Waals surface area contributed by atoms with Gasteiger partial charge in [-0.05, 0) is 74.2 Å². The SMILES string of the molecule is CC(Cc1ccsc1)NC(=O)Cc1cccc(NC(=O)OC(C)(C)C)c1. The molecule has 1 unspecified atom stereocenters. The predicted octanol–water partition coefficient (Wildman–Crippen LogP) is 4.39. The van der Waals surface area contributed by atoms with Gasteiger partial charge in [0.25, 0.3) is 0 Å². The zero-order valence-electron chi connectivity index (χ0n) is 15.7. The molecule has 6 heteroatoms. The number of carbonyl (C=O) groups excluding carboxylic acids is 2. The van der Waals surface area contributed by atoms with Crippen molar-refractivity contribution in [3.05, 3.63) is 52.2 Å². The first-order valence-electron chi connectivity index (χ1n) is 8.60. The molecule has 1 atom stereocenters. The van der Waals surface area contributed by atoms with Crippen LogP contribution in [-0.4, -0.2) is 23.6 Å². The summed E-state index contributed by atoms with van der Waals surface area (Å²) in [7, 11) is 0. The number of hydrogen-bond acceptors (Lipinski definition) is 4. The lowest BCUT2D eigenvalue weighted by molar-refractivity contribution is -0.121. The molecule has 2 aromatic rings. The Hall–Kier alpha value is -2.34. The summed E-state index contributed by atoms with van der Waals surface area (Å²) in [5.41, 5.74) is 2.11. The summed E-state index contributed by atoms with van der Waals surface area (Å²) < 4.78 is 5.24. The molecule has 26 heavy (non-hydrogen) atoms. The van der Waals surface area contributed by atoms with E-state index in [0.717, 1.165) is 12.0 Å². The van der Waals surface area contributed by atoms with Crippen LogP contribution in [0.4, 0.5) is 10.5 Å². The lowest BCUT2D eigenvalue weighted by Gasteiger charge is -2.19. The van der Waals surface area contributed by atoms with Gasteiger partial charge in [-0.3, -0.25) is 10.1 Å². The van der Waals surface area contributed by atoms with E-state index in [4.69, 9.17) is 4.74 Å². The Bertz CT molecular complexity index is 736. The molecule has 1 aromatic heterocycles. The number of anilines is 1. The van der Waals surface area contributed by atoms with Crippen molar-refractivity contribution in [3.8, 4) is 0 Å². The van der Waals surface area contributed by atoms with Crippen molar-refractivity contribution in [1.29, 1.82) is 0 Å². The van der Waals surface area contributed by atoms with Crippen molar-refractivity contribution in [2.45, 2.75) is 52.2 Å². The molecule has 0 aliphatic carbocycles. The number of thiophene rings is 1. The lowest BCUT2D eigenvalue weighted by Crippen LogP contribution is -2.35. The number of amides is 2. The molecule has 0 aliphatic rings. The zero-order valence-corrected chi connectivity index (χ0v) is 16.5. The minimum absolute atomic E-state index is 0.0397. The molecule has 2 amide bonds. The van der Waals surface area contributed by atoms with E-state index in [-0.39, 0.29) is 18.4 Å². The summed E-state index contributed by atoms with van der Waals surface area (Å²) in [5, 5.41) is 9.83. The second kappa shape index (κ2) is 8.85. The summed E-state index contributed by atoms with van der Waals surface area (Å²) in [6.45, 7) is 7.43. The Morgan fingerprint density at radius 1 is 1.19 bits per heavy atom. The monoisotopic (exact) mass is 374 g/mol. The van der Waals surface area contributed by atoms with Crippen LogP contribution in [0.1, 0.15) is 38.8 Å². The maximum atomic E-state index is 12.3. The first-order chi connectivity index (χ1) is 12.2. The minimum atomic E-state index is -0.555. The van der Waals surface area contributed by atoms with Gasteiger partial charge < -0.3 is 10.1 Å². The van der Waals surface area contributed by atoms with Crippen molar-refractivity contribution < 1.29 is 14.3 Å². The van der Waals surface area contributed by atoms with E-state index >= 15 is 0 Å². The quantitative estimate of drug-likeness (QED) is 0.788. The molecule has 2 rings (SSSR count). The molecular weight excluding hydrogens is 348 g/mol. The fourth-order valence-electron chi connectivity index (χ4n) is 2.51. The summed E-state index contributed by atoms with van der Waals surface area (Å²) in [6, 6.07) is 9.37. The van der Waals surface area contributed by atoms with Gasteiger partial charge in [0, 0.05) is 11.7 Å². The Morgan fingerprint density at radius 2 is 1.96 bits per heavy atom. The highest BCUT2D eigenvalue weighted by atomic mass is 32.1. The van der Waals surface area contributed by atoms with Gasteiger partial charge in [0.2, 0.25) is 5.91 Å². The fourth-order valence-corrected chi connectivity index (χ4v) is 3.19. The van der Waals surface area contributed by atoms with Gasteiger partial charge in [0.1, 0.15) is 5.60 Å². The molecule has 0 bridgehead atoms. The van der Waals surface area contributed by atoms with E-state index in [1.165, 1.54) is 5.56 Å². The molecule has 5 nitrogen and oxygen atoms in total. The van der Waals surface area contributed by atoms with E-state index in [1.54, 1.807) is 23.5 Å². The Balaban J connectivity index is 1.87. The van der Waals surface area contributed by atoms with Crippen molar-refractivity contribution >= 4 is 29.0 Å². The molecule has 0 spiro atoms. The van der Waals surface area contributed by atoms with Gasteiger partial charge >= 0.3 is 6.09 Å². The number of carbonyl (C=O) groups is 2. The Labute approximate surface area is 158 Å². The third-order valence-electron chi connectivity index (χ3n) is 3.47. The minimum Gasteiger partial charge on any atom is -0.444 e. The lowest BCUT2D eigenvalue weighted by atomic mass is 10.1. The van der Waals surface area contributed by atoms with Crippen LogP contribution in [0, 0.1) is 0 Å². The highest BCUT2D eigenvalue weighted by Gasteiger charge is 2.16. The largest absolute Gasteiger partial charge is 0.444 e. The number of ether oxygens (including phenoxy) is 1. The highest BCUT2D eigenvalue weighted by molar-refractivity contribution is 7.07. The third-order valence-corrected chi connectivity index (χ3v) is 4.20. The second-order valence-corrected chi connectivity index (χ2v) is 8.09. The van der Waals surface area contributed by atoms with E-state index in [0.29, 0.717) is 5.69 Å². The number of nitrogens with one attached hydrogen (secondary N) is 2. The predicted molar refractivity (Wildman–Crippen MR) is 106 cm³/mol. The maximum absolute atomic E-state index is 12.3. The van der Waals surface area contributed by atoms with Crippen molar-refractivity contribution in [2.75, 3.05) is 5.32 Å². The molecule has 0 fully saturated rings. The number of rotatable bonds is 6. The number of benzene rings is 1. The van der Waals surface area contributed by atoms with Gasteiger partial charge in [-0.2, -0.15) is 11.3 Å². The molecule has 2 N–H and O–H groups in total. The van der Waals surface area contributed by atoms with Crippen molar-refractivity contribution in [2.24, 2.45) is 0 Å². The topological polar surface area (TPSA) is 67.4 Å². The van der Waals surface area contributed by atoms with E-state index in [9.17, 15) is 9.59 Å². The fraction of sp³-hybridized carbons (Fsp3) is 0.400. The summed E-state index contributed by atoms with van der Waals surface area (Å²) in [6.07, 6.45) is 0.566. The average molecular weight is 375 g/mol. The normalized spacial score (nSPS) is 12.3. The van der Waals surface area contributed by atoms with E-state index in [1.807, 2.05) is 45.2 Å². The maximum Gasteiger partial charge on any atom is 0.412 e. The van der Waals surface area contributed by atoms with Crippen LogP contribution in [0.25, 0.3) is 0 Å². The standard InChI is InChI=1S/C20H26N2O3S/c1-14(10-16-8-9-26-13-16)21-18(23)12-15-6-5-7-17(11-15)22-19(24)25-20(2,3)4/h5-9,11,13-14H,10,12H2,1-4H3,(H,21,23)(H,22,24). The summed E-state index contributed by atoms with van der Waals surface area (Å²) in [5.74, 6) is -0.0397. The van der Waals surface area contributed by atoms with Gasteiger partial charge in [0.15, 0.2) is 0 Å².